The van der Waals surface area contributed by atoms with Crippen LogP contribution in [0.2, 0.25) is 0 Å². The van der Waals surface area contributed by atoms with Crippen molar-refractivity contribution in [2.75, 3.05) is 55.5 Å². The smallest absolute Gasteiger partial charge is 0.378 e. The largest absolute Gasteiger partial charge is 0.509 e. The summed E-state index contributed by atoms with van der Waals surface area (Å²) in [7, 11) is 0.412. The predicted octanol–water partition coefficient (Wildman–Crippen LogP) is 8.32. The summed E-state index contributed by atoms with van der Waals surface area (Å²) in [6.45, 7) is 24.8. The van der Waals surface area contributed by atoms with Crippen LogP contribution < -0.4 is 0 Å². The maximum atomic E-state index is 10.6. The van der Waals surface area contributed by atoms with Crippen LogP contribution in [0.4, 0.5) is 13.2 Å². The quantitative estimate of drug-likeness (QED) is 0.153. The van der Waals surface area contributed by atoms with E-state index in [1.165, 1.54) is 55.5 Å². The van der Waals surface area contributed by atoms with Crippen molar-refractivity contribution in [3.8, 4) is 0 Å². The third kappa shape index (κ3) is 38.1. The van der Waals surface area contributed by atoms with E-state index in [-0.39, 0.29) is 49.3 Å². The Hall–Kier alpha value is 1.44. The molecular weight excluding hydrogens is 505 g/mol. The van der Waals surface area contributed by atoms with Gasteiger partial charge in [0.15, 0.2) is 0 Å². The third-order valence-corrected chi connectivity index (χ3v) is 13.7. The van der Waals surface area contributed by atoms with Gasteiger partial charge in [-0.05, 0) is 86.1 Å². The first-order valence-corrected chi connectivity index (χ1v) is 17.1. The van der Waals surface area contributed by atoms with Gasteiger partial charge in [0, 0.05) is 19.5 Å². The Balaban J connectivity index is -0.0000000831. The molecule has 0 aliphatic carbocycles. The Bertz CT molecular complexity index is 221. The van der Waals surface area contributed by atoms with Gasteiger partial charge in [-0.3, -0.25) is 0 Å². The molecule has 0 heterocycles. The van der Waals surface area contributed by atoms with E-state index < -0.39 is 6.18 Å². The molecule has 7 heteroatoms. The minimum atomic E-state index is -4.31. The van der Waals surface area contributed by atoms with Crippen LogP contribution in [0.15, 0.2) is 6.08 Å². The molecule has 0 N–H and O–H groups in total. The number of allylic oxidation sites excluding steroid dienone is 1. The molecule has 0 unspecified atom stereocenters. The summed E-state index contributed by atoms with van der Waals surface area (Å²) < 4.78 is 31.8. The minimum Gasteiger partial charge on any atom is -0.509 e. The van der Waals surface area contributed by atoms with Crippen LogP contribution in [0.25, 0.3) is 0 Å². The van der Waals surface area contributed by atoms with E-state index >= 15 is 0 Å². The molecule has 0 spiro atoms. The maximum absolute atomic E-state index is 10.6. The molecule has 1 radical (unpaired) electrons. The van der Waals surface area contributed by atoms with Crippen molar-refractivity contribution in [3.05, 3.63) is 12.7 Å². The van der Waals surface area contributed by atoms with Gasteiger partial charge >= 0.3 is 6.18 Å². The molecule has 0 bridgehead atoms. The molecule has 0 saturated heterocycles. The topological polar surface area (TPSA) is 0 Å². The Morgan fingerprint density at radius 1 is 0.536 bits per heavy atom. The summed E-state index contributed by atoms with van der Waals surface area (Å²) in [6.07, 6.45) is 8.49. The monoisotopic (exact) mass is 555 g/mol. The van der Waals surface area contributed by atoms with Gasteiger partial charge in [-0.25, -0.2) is 0 Å². The molecule has 28 heavy (non-hydrogen) atoms. The molecule has 0 fully saturated rings. The van der Waals surface area contributed by atoms with Gasteiger partial charge in [0.25, 0.3) is 0 Å². The Morgan fingerprint density at radius 3 is 0.643 bits per heavy atom. The second-order valence-corrected chi connectivity index (χ2v) is 17.0. The average Bonchev–Trinajstić information content (AvgIpc) is 2.67. The molecule has 0 aromatic rings. The van der Waals surface area contributed by atoms with E-state index in [4.69, 9.17) is 0 Å². The van der Waals surface area contributed by atoms with Crippen LogP contribution >= 0.6 is 23.8 Å². The van der Waals surface area contributed by atoms with Crippen molar-refractivity contribution in [2.45, 2.75) is 68.5 Å². The van der Waals surface area contributed by atoms with Gasteiger partial charge in [0.2, 0.25) is 0 Å². The number of hydrogen-bond donors (Lipinski definition) is 0. The zero-order valence-corrected chi connectivity index (χ0v) is 24.6. The van der Waals surface area contributed by atoms with Crippen LogP contribution in [0.5, 0.6) is 0 Å². The second kappa shape index (κ2) is 30.6. The van der Waals surface area contributed by atoms with Gasteiger partial charge < -0.3 is 6.58 Å². The molecule has 0 amide bonds. The van der Waals surface area contributed by atoms with Crippen LogP contribution in [-0.2, 0) is 19.5 Å². The number of hydrogen-bond acceptors (Lipinski definition) is 0. The summed E-state index contributed by atoms with van der Waals surface area (Å²) >= 11 is 0. The fourth-order valence-electron chi connectivity index (χ4n) is 2.25. The first kappa shape index (κ1) is 39.9. The van der Waals surface area contributed by atoms with Crippen molar-refractivity contribution < 1.29 is 32.6 Å². The molecule has 0 aliphatic heterocycles. The Kier molecular flexibility index (Phi) is 43.6. The summed E-state index contributed by atoms with van der Waals surface area (Å²) in [5, 5.41) is 0. The molecule has 0 saturated carbocycles. The minimum absolute atomic E-state index is 0. The van der Waals surface area contributed by atoms with Gasteiger partial charge in [-0.2, -0.15) is 19.2 Å². The molecule has 0 aromatic heterocycles. The number of rotatable bonds is 9. The molecule has 0 aromatic carbocycles. The molecule has 177 valence electrons. The van der Waals surface area contributed by atoms with Crippen molar-refractivity contribution in [2.24, 2.45) is 0 Å². The van der Waals surface area contributed by atoms with Crippen molar-refractivity contribution >= 4 is 23.8 Å². The molecule has 0 nitrogen and oxygen atoms in total. The van der Waals surface area contributed by atoms with E-state index in [2.05, 4.69) is 68.9 Å². The van der Waals surface area contributed by atoms with Crippen LogP contribution in [-0.4, -0.2) is 61.6 Å². The Labute approximate surface area is 192 Å². The fraction of sp³-hybridized carbons (Fsp3) is 0.905. The molecule has 0 atom stereocenters. The summed E-state index contributed by atoms with van der Waals surface area (Å²) in [4.78, 5) is 0. The Morgan fingerprint density at radius 2 is 0.643 bits per heavy atom. The number of halogens is 3. The van der Waals surface area contributed by atoms with Crippen LogP contribution in [0, 0.1) is 6.58 Å². The second-order valence-electron chi connectivity index (χ2n) is 6.14. The molecule has 0 aliphatic rings. The van der Waals surface area contributed by atoms with Crippen LogP contribution in [0.1, 0.15) is 62.3 Å². The van der Waals surface area contributed by atoms with Gasteiger partial charge in [-0.15, -0.1) is 0 Å². The zero-order valence-electron chi connectivity index (χ0n) is 20.0. The maximum Gasteiger partial charge on any atom is 0.378 e. The van der Waals surface area contributed by atoms with Crippen molar-refractivity contribution in [1.82, 2.24) is 0 Å². The average molecular weight is 555 g/mol. The summed E-state index contributed by atoms with van der Waals surface area (Å²) in [6, 6.07) is 0. The normalized spacial score (nSPS) is 10.1. The fourth-order valence-corrected chi connectivity index (χ4v) is 6.75. The van der Waals surface area contributed by atoms with Gasteiger partial charge in [0.1, 0.15) is 0 Å². The standard InChI is InChI=1S/3C6H15P.C3H2F3.Rh/c3*1-4-7(5-2)6-3;1-2-3(4,5)6;/h3*4-6H2,1-3H3;1-2H;/q;;;-1;/p+3. The summed E-state index contributed by atoms with van der Waals surface area (Å²) in [5.74, 6) is 0. The van der Waals surface area contributed by atoms with Crippen molar-refractivity contribution in [3.63, 3.8) is 0 Å². The summed E-state index contributed by atoms with van der Waals surface area (Å²) in [5.41, 5.74) is 0. The first-order valence-electron chi connectivity index (χ1n) is 10.7. The van der Waals surface area contributed by atoms with E-state index in [1.807, 2.05) is 0 Å². The van der Waals surface area contributed by atoms with E-state index in [0.29, 0.717) is 0 Å². The van der Waals surface area contributed by atoms with E-state index in [9.17, 15) is 13.2 Å². The number of alkyl halides is 3. The van der Waals surface area contributed by atoms with Gasteiger partial charge in [0.05, 0.1) is 55.5 Å². The third-order valence-electron chi connectivity index (χ3n) is 4.69. The van der Waals surface area contributed by atoms with Crippen molar-refractivity contribution in [1.29, 1.82) is 0 Å². The zero-order chi connectivity index (χ0) is 22.3. The van der Waals surface area contributed by atoms with E-state index in [1.54, 1.807) is 0 Å². The van der Waals surface area contributed by atoms with E-state index in [0.717, 1.165) is 0 Å². The SMILES string of the molecule is CC[PH+](CC)CC.CC[PH+](CC)CC.CC[PH+](CC)CC.[CH-]=CC(F)(F)F.[Rh]. The predicted molar refractivity (Wildman–Crippen MR) is 135 cm³/mol. The van der Waals surface area contributed by atoms with Crippen LogP contribution in [0.3, 0.4) is 0 Å². The molecular formula is C21H50F3P3Rh+2. The van der Waals surface area contributed by atoms with Gasteiger partial charge in [-0.1, -0.05) is 0 Å². The first-order chi connectivity index (χ1) is 12.6. The molecule has 0 rings (SSSR count).